The molecule has 0 saturated carbocycles. The molecule has 4 rings (SSSR count). The van der Waals surface area contributed by atoms with Crippen LogP contribution in [0, 0.1) is 5.92 Å². The van der Waals surface area contributed by atoms with Crippen molar-refractivity contribution in [3.63, 3.8) is 0 Å². The van der Waals surface area contributed by atoms with Gasteiger partial charge in [-0.1, -0.05) is 55.1 Å². The molecule has 3 heterocycles. The first-order valence-corrected chi connectivity index (χ1v) is 12.6. The molecule has 3 aromatic heterocycles. The fraction of sp³-hybridized carbons (Fsp3) is 0.286. The summed E-state index contributed by atoms with van der Waals surface area (Å²) >= 11 is 2.72. The lowest BCUT2D eigenvalue weighted by Gasteiger charge is -2.11. The van der Waals surface area contributed by atoms with Crippen molar-refractivity contribution >= 4 is 55.6 Å². The maximum Gasteiger partial charge on any atom is 0.417 e. The number of carbonyl (C=O) groups excluding carboxylic acids is 1. The van der Waals surface area contributed by atoms with E-state index >= 15 is 0 Å². The van der Waals surface area contributed by atoms with Crippen molar-refractivity contribution in [3.8, 4) is 0 Å². The third kappa shape index (κ3) is 4.65. The summed E-state index contributed by atoms with van der Waals surface area (Å²) in [4.78, 5) is 39.9. The lowest BCUT2D eigenvalue weighted by Crippen LogP contribution is -2.38. The van der Waals surface area contributed by atoms with Crippen molar-refractivity contribution in [2.45, 2.75) is 35.8 Å². The Morgan fingerprint density at radius 1 is 1.17 bits per heavy atom. The summed E-state index contributed by atoms with van der Waals surface area (Å²) in [5.41, 5.74) is 2.77. The van der Waals surface area contributed by atoms with Crippen molar-refractivity contribution in [1.82, 2.24) is 19.3 Å². The molecular formula is C21H18F3N5O3S3. The van der Waals surface area contributed by atoms with Gasteiger partial charge in [0.05, 0.1) is 20.7 Å². The molecule has 14 heteroatoms. The molecule has 1 aromatic carbocycles. The van der Waals surface area contributed by atoms with E-state index in [9.17, 15) is 27.6 Å². The second-order valence-corrected chi connectivity index (χ2v) is 11.2. The van der Waals surface area contributed by atoms with Crippen LogP contribution in [-0.4, -0.2) is 25.1 Å². The summed E-state index contributed by atoms with van der Waals surface area (Å²) in [6.07, 6.45) is -4.76. The number of halogens is 3. The number of rotatable bonds is 6. The van der Waals surface area contributed by atoms with Gasteiger partial charge in [-0.15, -0.1) is 21.5 Å². The predicted molar refractivity (Wildman–Crippen MR) is 129 cm³/mol. The molecule has 2 N–H and O–H groups in total. The Morgan fingerprint density at radius 3 is 2.46 bits per heavy atom. The molecule has 0 radical (unpaired) electrons. The number of aromatic nitrogens is 4. The topological polar surface area (TPSA) is 113 Å². The van der Waals surface area contributed by atoms with E-state index in [-0.39, 0.29) is 37.6 Å². The van der Waals surface area contributed by atoms with E-state index in [4.69, 9.17) is 5.73 Å². The maximum absolute atomic E-state index is 13.7. The highest BCUT2D eigenvalue weighted by molar-refractivity contribution is 8.01. The van der Waals surface area contributed by atoms with Crippen LogP contribution in [0.5, 0.6) is 0 Å². The number of benzene rings is 1. The third-order valence-electron chi connectivity index (χ3n) is 4.97. The number of nitrogens with two attached hydrogens (primary N) is 1. The SMILES string of the molecule is CC(C)Cn1c(=O)n(C)c(=O)c2c(Sc3nnc(N)s3)c(C(=O)c3ccccc3C(F)(F)F)sc21. The smallest absolute Gasteiger partial charge is 0.374 e. The molecule has 0 aliphatic carbocycles. The van der Waals surface area contributed by atoms with Crippen LogP contribution < -0.4 is 17.0 Å². The zero-order valence-electron chi connectivity index (χ0n) is 18.5. The number of anilines is 1. The van der Waals surface area contributed by atoms with Gasteiger partial charge in [-0.25, -0.2) is 4.79 Å². The van der Waals surface area contributed by atoms with Gasteiger partial charge >= 0.3 is 11.9 Å². The molecule has 0 aliphatic heterocycles. The van der Waals surface area contributed by atoms with Crippen molar-refractivity contribution in [1.29, 1.82) is 0 Å². The van der Waals surface area contributed by atoms with E-state index < -0.39 is 34.3 Å². The second kappa shape index (κ2) is 9.24. The lowest BCUT2D eigenvalue weighted by atomic mass is 10.0. The predicted octanol–water partition coefficient (Wildman–Crippen LogP) is 4.25. The standard InChI is InChI=1S/C21H18F3N5O3S3/c1-9(2)8-29-17-12(16(31)28(3)20(29)32)14(34-19-27-26-18(25)35-19)15(33-17)13(30)10-6-4-5-7-11(10)21(22,23)24/h4-7,9H,8H2,1-3H3,(H2,25,26). The molecule has 0 spiro atoms. The second-order valence-electron chi connectivity index (χ2n) is 7.97. The Kier molecular flexibility index (Phi) is 6.64. The van der Waals surface area contributed by atoms with Crippen molar-refractivity contribution in [2.75, 3.05) is 5.73 Å². The highest BCUT2D eigenvalue weighted by Crippen LogP contribution is 2.43. The maximum atomic E-state index is 13.7. The zero-order chi connectivity index (χ0) is 25.7. The van der Waals surface area contributed by atoms with Crippen LogP contribution in [0.1, 0.15) is 34.6 Å². The van der Waals surface area contributed by atoms with Crippen molar-refractivity contribution in [3.05, 3.63) is 61.1 Å². The van der Waals surface area contributed by atoms with Gasteiger partial charge in [0.15, 0.2) is 4.34 Å². The summed E-state index contributed by atoms with van der Waals surface area (Å²) in [5, 5.41) is 7.84. The summed E-state index contributed by atoms with van der Waals surface area (Å²) in [6, 6.07) is 4.45. The van der Waals surface area contributed by atoms with Gasteiger partial charge in [0.25, 0.3) is 5.56 Å². The van der Waals surface area contributed by atoms with Gasteiger partial charge in [-0.2, -0.15) is 13.2 Å². The summed E-state index contributed by atoms with van der Waals surface area (Å²) in [6.45, 7) is 4.00. The van der Waals surface area contributed by atoms with Crippen LogP contribution in [0.2, 0.25) is 0 Å². The molecule has 8 nitrogen and oxygen atoms in total. The highest BCUT2D eigenvalue weighted by atomic mass is 32.2. The third-order valence-corrected chi connectivity index (χ3v) is 8.23. The summed E-state index contributed by atoms with van der Waals surface area (Å²) in [7, 11) is 1.32. The van der Waals surface area contributed by atoms with Crippen LogP contribution in [-0.2, 0) is 19.8 Å². The summed E-state index contributed by atoms with van der Waals surface area (Å²) < 4.78 is 43.6. The Bertz CT molecular complexity index is 1570. The summed E-state index contributed by atoms with van der Waals surface area (Å²) in [5.74, 6) is -0.899. The molecule has 0 atom stereocenters. The number of ketones is 1. The number of alkyl halides is 3. The molecule has 0 amide bonds. The van der Waals surface area contributed by atoms with E-state index in [0.29, 0.717) is 4.34 Å². The molecule has 0 unspecified atom stereocenters. The van der Waals surface area contributed by atoms with Gasteiger partial charge in [0, 0.05) is 19.2 Å². The molecule has 35 heavy (non-hydrogen) atoms. The highest BCUT2D eigenvalue weighted by Gasteiger charge is 2.36. The van der Waals surface area contributed by atoms with Crippen LogP contribution in [0.4, 0.5) is 18.3 Å². The largest absolute Gasteiger partial charge is 0.417 e. The minimum atomic E-state index is -4.76. The minimum Gasteiger partial charge on any atom is -0.374 e. The Morgan fingerprint density at radius 2 is 1.86 bits per heavy atom. The molecule has 184 valence electrons. The molecule has 0 fully saturated rings. The molecule has 0 aliphatic rings. The monoisotopic (exact) mass is 541 g/mol. The first-order valence-electron chi connectivity index (χ1n) is 10.1. The number of hydrogen-bond acceptors (Lipinski definition) is 9. The normalized spacial score (nSPS) is 12.1. The van der Waals surface area contributed by atoms with Crippen LogP contribution in [0.3, 0.4) is 0 Å². The van der Waals surface area contributed by atoms with Crippen molar-refractivity contribution in [2.24, 2.45) is 13.0 Å². The average Bonchev–Trinajstić information content (AvgIpc) is 3.37. The van der Waals surface area contributed by atoms with Crippen LogP contribution in [0.15, 0.2) is 43.1 Å². The Hall–Kier alpha value is -2.97. The zero-order valence-corrected chi connectivity index (χ0v) is 21.0. The van der Waals surface area contributed by atoms with E-state index in [1.54, 1.807) is 0 Å². The van der Waals surface area contributed by atoms with Gasteiger partial charge in [-0.05, 0) is 12.0 Å². The first kappa shape index (κ1) is 25.1. The van der Waals surface area contributed by atoms with Crippen molar-refractivity contribution < 1.29 is 18.0 Å². The Labute approximate surface area is 208 Å². The number of nitrogens with zero attached hydrogens (tertiary/aromatic N) is 4. The molecule has 4 aromatic rings. The van der Waals surface area contributed by atoms with Gasteiger partial charge in [0.1, 0.15) is 4.83 Å². The van der Waals surface area contributed by atoms with E-state index in [1.165, 1.54) is 23.7 Å². The minimum absolute atomic E-state index is 0.0136. The quantitative estimate of drug-likeness (QED) is 0.363. The van der Waals surface area contributed by atoms with Gasteiger partial charge in [-0.3, -0.25) is 18.7 Å². The number of carbonyl (C=O) groups is 1. The van der Waals surface area contributed by atoms with Gasteiger partial charge < -0.3 is 5.73 Å². The average molecular weight is 542 g/mol. The number of nitrogen functional groups attached to an aromatic ring is 1. The lowest BCUT2D eigenvalue weighted by molar-refractivity contribution is -0.137. The Balaban J connectivity index is 2.06. The first-order chi connectivity index (χ1) is 16.4. The van der Waals surface area contributed by atoms with Crippen LogP contribution >= 0.6 is 34.4 Å². The number of fused-ring (bicyclic) bond motifs is 1. The fourth-order valence-corrected chi connectivity index (χ4v) is 6.68. The van der Waals surface area contributed by atoms with Gasteiger partial charge in [0.2, 0.25) is 10.9 Å². The molecule has 0 bridgehead atoms. The van der Waals surface area contributed by atoms with E-state index in [1.807, 2.05) is 13.8 Å². The number of thiophene rings is 1. The molecular weight excluding hydrogens is 523 g/mol. The van der Waals surface area contributed by atoms with E-state index in [2.05, 4.69) is 10.2 Å². The number of hydrogen-bond donors (Lipinski definition) is 1. The molecule has 0 saturated heterocycles. The van der Waals surface area contributed by atoms with Crippen LogP contribution in [0.25, 0.3) is 10.2 Å². The fourth-order valence-electron chi connectivity index (χ4n) is 3.48. The van der Waals surface area contributed by atoms with E-state index in [0.717, 1.165) is 51.1 Å².